The lowest BCUT2D eigenvalue weighted by molar-refractivity contribution is -0.140. The molecule has 52 valence electrons. The van der Waals surface area contributed by atoms with Crippen molar-refractivity contribution in [1.29, 1.82) is 0 Å². The Bertz CT molecular complexity index is 126. The average molecular weight is 130 g/mol. The number of carboxylic acid groups (broad SMARTS) is 1. The second-order valence-electron chi connectivity index (χ2n) is 2.13. The number of carbonyl (C=O) groups is 1. The molecule has 0 rings (SSSR count). The van der Waals surface area contributed by atoms with Crippen LogP contribution in [0.4, 0.5) is 0 Å². The van der Waals surface area contributed by atoms with Crippen LogP contribution >= 0.6 is 0 Å². The van der Waals surface area contributed by atoms with Crippen molar-refractivity contribution in [2.24, 2.45) is 0 Å². The van der Waals surface area contributed by atoms with Crippen LogP contribution in [0.1, 0.15) is 13.3 Å². The smallest absolute Gasteiger partial charge is 0.306 e. The molecular formula is C6H10O3. The molecule has 0 heterocycles. The number of carboxylic acids is 1. The van der Waals surface area contributed by atoms with E-state index in [2.05, 4.69) is 6.58 Å². The Morgan fingerprint density at radius 3 is 2.44 bits per heavy atom. The van der Waals surface area contributed by atoms with E-state index in [1.807, 2.05) is 0 Å². The quantitative estimate of drug-likeness (QED) is 0.543. The van der Waals surface area contributed by atoms with Gasteiger partial charge in [0, 0.05) is 0 Å². The summed E-state index contributed by atoms with van der Waals surface area (Å²) >= 11 is 0. The third kappa shape index (κ3) is 3.73. The SMILES string of the molecule is C=C[C@@](C)(O)CC(=O)O. The largest absolute Gasteiger partial charge is 0.481 e. The summed E-state index contributed by atoms with van der Waals surface area (Å²) in [5.74, 6) is -1.03. The van der Waals surface area contributed by atoms with Gasteiger partial charge >= 0.3 is 5.97 Å². The second kappa shape index (κ2) is 2.64. The third-order valence-electron chi connectivity index (χ3n) is 0.949. The zero-order valence-electron chi connectivity index (χ0n) is 5.29. The molecule has 0 amide bonds. The van der Waals surface area contributed by atoms with Gasteiger partial charge in [-0.05, 0) is 6.92 Å². The Morgan fingerprint density at radius 1 is 1.89 bits per heavy atom. The fourth-order valence-corrected chi connectivity index (χ4v) is 0.378. The Hall–Kier alpha value is -0.830. The summed E-state index contributed by atoms with van der Waals surface area (Å²) in [5, 5.41) is 17.2. The molecule has 0 spiro atoms. The number of aliphatic carboxylic acids is 1. The van der Waals surface area contributed by atoms with E-state index >= 15 is 0 Å². The van der Waals surface area contributed by atoms with Crippen molar-refractivity contribution in [2.45, 2.75) is 18.9 Å². The predicted molar refractivity (Wildman–Crippen MR) is 33.1 cm³/mol. The van der Waals surface area contributed by atoms with Crippen molar-refractivity contribution in [3.63, 3.8) is 0 Å². The lowest BCUT2D eigenvalue weighted by atomic mass is 10.0. The molecule has 3 nitrogen and oxygen atoms in total. The van der Waals surface area contributed by atoms with Crippen LogP contribution in [-0.2, 0) is 4.79 Å². The zero-order valence-corrected chi connectivity index (χ0v) is 5.29. The summed E-state index contributed by atoms with van der Waals surface area (Å²) in [5.41, 5.74) is -1.27. The van der Waals surface area contributed by atoms with Crippen LogP contribution in [0.2, 0.25) is 0 Å². The van der Waals surface area contributed by atoms with E-state index in [-0.39, 0.29) is 6.42 Å². The molecule has 3 heteroatoms. The molecular weight excluding hydrogens is 120 g/mol. The van der Waals surface area contributed by atoms with Gasteiger partial charge in [-0.1, -0.05) is 6.08 Å². The Morgan fingerprint density at radius 2 is 2.33 bits per heavy atom. The maximum Gasteiger partial charge on any atom is 0.306 e. The maximum absolute atomic E-state index is 9.97. The number of aliphatic hydroxyl groups is 1. The van der Waals surface area contributed by atoms with Crippen LogP contribution < -0.4 is 0 Å². The molecule has 0 fully saturated rings. The highest BCUT2D eigenvalue weighted by molar-refractivity contribution is 5.68. The fourth-order valence-electron chi connectivity index (χ4n) is 0.378. The summed E-state index contributed by atoms with van der Waals surface area (Å²) < 4.78 is 0. The number of hydrogen-bond donors (Lipinski definition) is 2. The van der Waals surface area contributed by atoms with Crippen molar-refractivity contribution in [2.75, 3.05) is 0 Å². The zero-order chi connectivity index (χ0) is 7.49. The van der Waals surface area contributed by atoms with Gasteiger partial charge in [-0.2, -0.15) is 0 Å². The van der Waals surface area contributed by atoms with Crippen molar-refractivity contribution >= 4 is 5.97 Å². The molecule has 2 N–H and O–H groups in total. The summed E-state index contributed by atoms with van der Waals surface area (Å²) in [4.78, 5) is 9.97. The van der Waals surface area contributed by atoms with Gasteiger partial charge in [-0.25, -0.2) is 0 Å². The highest BCUT2D eigenvalue weighted by atomic mass is 16.4. The lowest BCUT2D eigenvalue weighted by Crippen LogP contribution is -2.24. The summed E-state index contributed by atoms with van der Waals surface area (Å²) in [6.07, 6.45) is 0.914. The summed E-state index contributed by atoms with van der Waals surface area (Å²) in [7, 11) is 0. The molecule has 0 aromatic rings. The molecule has 0 aliphatic heterocycles. The van der Waals surface area contributed by atoms with Crippen LogP contribution in [0.25, 0.3) is 0 Å². The van der Waals surface area contributed by atoms with E-state index < -0.39 is 11.6 Å². The van der Waals surface area contributed by atoms with Gasteiger partial charge in [0.15, 0.2) is 0 Å². The van der Waals surface area contributed by atoms with Gasteiger partial charge in [0.25, 0.3) is 0 Å². The molecule has 1 atom stereocenters. The molecule has 0 aromatic heterocycles. The topological polar surface area (TPSA) is 57.5 Å². The van der Waals surface area contributed by atoms with Crippen molar-refractivity contribution in [1.82, 2.24) is 0 Å². The normalized spacial score (nSPS) is 16.2. The minimum Gasteiger partial charge on any atom is -0.481 e. The lowest BCUT2D eigenvalue weighted by Gasteiger charge is -2.13. The summed E-state index contributed by atoms with van der Waals surface area (Å²) in [6, 6.07) is 0. The minimum absolute atomic E-state index is 0.295. The first-order valence-electron chi connectivity index (χ1n) is 2.56. The van der Waals surface area contributed by atoms with Gasteiger partial charge in [0.2, 0.25) is 0 Å². The third-order valence-corrected chi connectivity index (χ3v) is 0.949. The number of hydrogen-bond acceptors (Lipinski definition) is 2. The van der Waals surface area contributed by atoms with Crippen LogP contribution in [0, 0.1) is 0 Å². The van der Waals surface area contributed by atoms with Crippen molar-refractivity contribution in [3.8, 4) is 0 Å². The Balaban J connectivity index is 3.86. The Kier molecular flexibility index (Phi) is 2.40. The monoisotopic (exact) mass is 130 g/mol. The van der Waals surface area contributed by atoms with Crippen LogP contribution in [0.15, 0.2) is 12.7 Å². The molecule has 0 aromatic carbocycles. The highest BCUT2D eigenvalue weighted by Crippen LogP contribution is 2.08. The van der Waals surface area contributed by atoms with Gasteiger partial charge < -0.3 is 10.2 Å². The van der Waals surface area contributed by atoms with Gasteiger partial charge in [-0.3, -0.25) is 4.79 Å². The predicted octanol–water partition coefficient (Wildman–Crippen LogP) is 0.398. The van der Waals surface area contributed by atoms with E-state index in [0.717, 1.165) is 0 Å². The van der Waals surface area contributed by atoms with Crippen LogP contribution in [0.5, 0.6) is 0 Å². The highest BCUT2D eigenvalue weighted by Gasteiger charge is 2.18. The molecule has 0 aliphatic rings. The molecule has 9 heavy (non-hydrogen) atoms. The second-order valence-corrected chi connectivity index (χ2v) is 2.13. The van der Waals surface area contributed by atoms with Crippen molar-refractivity contribution in [3.05, 3.63) is 12.7 Å². The van der Waals surface area contributed by atoms with Crippen LogP contribution in [0.3, 0.4) is 0 Å². The van der Waals surface area contributed by atoms with E-state index in [1.54, 1.807) is 0 Å². The standard InChI is InChI=1S/C6H10O3/c1-3-6(2,9)4-5(7)8/h3,9H,1,4H2,2H3,(H,7,8)/t6-/m1/s1. The molecule has 0 saturated heterocycles. The van der Waals surface area contributed by atoms with Crippen LogP contribution in [-0.4, -0.2) is 21.8 Å². The maximum atomic E-state index is 9.97. The fraction of sp³-hybridized carbons (Fsp3) is 0.500. The van der Waals surface area contributed by atoms with E-state index in [0.29, 0.717) is 0 Å². The van der Waals surface area contributed by atoms with Gasteiger partial charge in [-0.15, -0.1) is 6.58 Å². The van der Waals surface area contributed by atoms with E-state index in [4.69, 9.17) is 10.2 Å². The first-order chi connectivity index (χ1) is 3.98. The first-order valence-corrected chi connectivity index (χ1v) is 2.56. The van der Waals surface area contributed by atoms with Crippen molar-refractivity contribution < 1.29 is 15.0 Å². The van der Waals surface area contributed by atoms with Gasteiger partial charge in [0.05, 0.1) is 12.0 Å². The first kappa shape index (κ1) is 8.17. The number of rotatable bonds is 3. The van der Waals surface area contributed by atoms with E-state index in [9.17, 15) is 4.79 Å². The molecule has 0 bridgehead atoms. The summed E-state index contributed by atoms with van der Waals surface area (Å²) in [6.45, 7) is 4.67. The van der Waals surface area contributed by atoms with E-state index in [1.165, 1.54) is 13.0 Å². The molecule has 0 saturated carbocycles. The Labute approximate surface area is 53.6 Å². The average Bonchev–Trinajstić information content (AvgIpc) is 1.63. The molecule has 0 aliphatic carbocycles. The van der Waals surface area contributed by atoms with Gasteiger partial charge in [0.1, 0.15) is 0 Å². The minimum atomic E-state index is -1.27. The molecule has 0 radical (unpaired) electrons. The molecule has 0 unspecified atom stereocenters.